The Hall–Kier alpha value is -1.67. The molecule has 2 amide bonds. The fraction of sp³-hybridized carbons (Fsp3) is 0.538. The van der Waals surface area contributed by atoms with Crippen LogP contribution in [-0.2, 0) is 10.0 Å². The predicted molar refractivity (Wildman–Crippen MR) is 80.4 cm³/mol. The number of likely N-dealkylation sites (tertiary alicyclic amines) is 1. The zero-order valence-corrected chi connectivity index (χ0v) is 12.8. The lowest BCUT2D eigenvalue weighted by atomic mass is 9.99. The van der Waals surface area contributed by atoms with E-state index in [1.807, 2.05) is 0 Å². The summed E-state index contributed by atoms with van der Waals surface area (Å²) in [5.41, 5.74) is 0.652. The van der Waals surface area contributed by atoms with E-state index < -0.39 is 10.0 Å². The second-order valence-electron chi connectivity index (χ2n) is 5.25. The van der Waals surface area contributed by atoms with E-state index in [1.54, 1.807) is 29.4 Å². The van der Waals surface area contributed by atoms with Crippen LogP contribution in [0.2, 0.25) is 0 Å². The molecule has 0 unspecified atom stereocenters. The van der Waals surface area contributed by atoms with Gasteiger partial charge in [-0.25, -0.2) is 17.9 Å². The van der Waals surface area contributed by atoms with Crippen molar-refractivity contribution in [3.8, 4) is 0 Å². The van der Waals surface area contributed by atoms with Crippen LogP contribution in [0.4, 0.5) is 10.5 Å². The maximum absolute atomic E-state index is 12.2. The minimum absolute atomic E-state index is 0.146. The number of pyridine rings is 1. The van der Waals surface area contributed by atoms with E-state index in [1.165, 1.54) is 0 Å². The van der Waals surface area contributed by atoms with Crippen LogP contribution < -0.4 is 10.0 Å². The number of anilines is 1. The maximum atomic E-state index is 12.2. The molecule has 0 aliphatic carbocycles. The van der Waals surface area contributed by atoms with E-state index in [0.717, 1.165) is 19.1 Å². The summed E-state index contributed by atoms with van der Waals surface area (Å²) < 4.78 is 24.7. The molecule has 21 heavy (non-hydrogen) atoms. The summed E-state index contributed by atoms with van der Waals surface area (Å²) in [5, 5.41) is 2.79. The minimum atomic E-state index is -3.19. The summed E-state index contributed by atoms with van der Waals surface area (Å²) >= 11 is 0. The van der Waals surface area contributed by atoms with Crippen LogP contribution >= 0.6 is 0 Å². The lowest BCUT2D eigenvalue weighted by Gasteiger charge is -2.32. The Morgan fingerprint density at radius 3 is 3.00 bits per heavy atom. The fourth-order valence-corrected chi connectivity index (χ4v) is 2.86. The first kappa shape index (κ1) is 15.7. The number of sulfonamides is 1. The van der Waals surface area contributed by atoms with E-state index in [2.05, 4.69) is 15.0 Å². The van der Waals surface area contributed by atoms with Crippen LogP contribution in [0.1, 0.15) is 12.8 Å². The van der Waals surface area contributed by atoms with Gasteiger partial charge in [0.2, 0.25) is 10.0 Å². The number of rotatable bonds is 4. The monoisotopic (exact) mass is 312 g/mol. The van der Waals surface area contributed by atoms with Crippen LogP contribution in [0.5, 0.6) is 0 Å². The highest BCUT2D eigenvalue weighted by Crippen LogP contribution is 2.17. The van der Waals surface area contributed by atoms with Crippen molar-refractivity contribution in [2.24, 2.45) is 5.92 Å². The van der Waals surface area contributed by atoms with Gasteiger partial charge >= 0.3 is 6.03 Å². The smallest absolute Gasteiger partial charge is 0.321 e. The fourth-order valence-electron chi connectivity index (χ4n) is 2.32. The molecule has 2 N–H and O–H groups in total. The van der Waals surface area contributed by atoms with Gasteiger partial charge in [-0.3, -0.25) is 4.98 Å². The van der Waals surface area contributed by atoms with Gasteiger partial charge in [0.1, 0.15) is 0 Å². The van der Waals surface area contributed by atoms with Gasteiger partial charge < -0.3 is 10.2 Å². The third-order valence-corrected chi connectivity index (χ3v) is 4.04. The van der Waals surface area contributed by atoms with Gasteiger partial charge in [-0.2, -0.15) is 0 Å². The first-order valence-electron chi connectivity index (χ1n) is 6.84. The van der Waals surface area contributed by atoms with Crippen molar-refractivity contribution < 1.29 is 13.2 Å². The zero-order chi connectivity index (χ0) is 15.3. The summed E-state index contributed by atoms with van der Waals surface area (Å²) in [6.07, 6.45) is 6.16. The number of piperidine rings is 1. The van der Waals surface area contributed by atoms with Crippen molar-refractivity contribution in [3.05, 3.63) is 24.5 Å². The summed E-state index contributed by atoms with van der Waals surface area (Å²) in [7, 11) is -3.19. The Morgan fingerprint density at radius 2 is 2.33 bits per heavy atom. The third kappa shape index (κ3) is 5.31. The van der Waals surface area contributed by atoms with Gasteiger partial charge in [0.25, 0.3) is 0 Å². The Kier molecular flexibility index (Phi) is 5.13. The highest BCUT2D eigenvalue weighted by atomic mass is 32.2. The molecule has 0 saturated carbocycles. The van der Waals surface area contributed by atoms with Crippen molar-refractivity contribution in [3.63, 3.8) is 0 Å². The summed E-state index contributed by atoms with van der Waals surface area (Å²) in [6, 6.07) is 3.36. The number of nitrogens with zero attached hydrogens (tertiary/aromatic N) is 2. The molecule has 1 aromatic heterocycles. The molecule has 1 saturated heterocycles. The SMILES string of the molecule is CS(=O)(=O)NC[C@@H]1CCCN(C(=O)Nc2cccnc2)C1. The third-order valence-electron chi connectivity index (χ3n) is 3.35. The molecule has 1 atom stereocenters. The summed E-state index contributed by atoms with van der Waals surface area (Å²) in [5.74, 6) is 0.146. The Bertz CT molecular complexity index is 576. The molecule has 2 rings (SSSR count). The average Bonchev–Trinajstić information content (AvgIpc) is 2.46. The van der Waals surface area contributed by atoms with Gasteiger partial charge in [0.15, 0.2) is 0 Å². The normalized spacial score (nSPS) is 19.3. The first-order valence-corrected chi connectivity index (χ1v) is 8.74. The van der Waals surface area contributed by atoms with Crippen molar-refractivity contribution in [2.45, 2.75) is 12.8 Å². The lowest BCUT2D eigenvalue weighted by molar-refractivity contribution is 0.178. The van der Waals surface area contributed by atoms with Gasteiger partial charge in [-0.1, -0.05) is 0 Å². The van der Waals surface area contributed by atoms with E-state index >= 15 is 0 Å². The topological polar surface area (TPSA) is 91.4 Å². The molecular formula is C13H20N4O3S. The number of carbonyl (C=O) groups is 1. The second kappa shape index (κ2) is 6.86. The molecule has 0 bridgehead atoms. The highest BCUT2D eigenvalue weighted by Gasteiger charge is 2.24. The molecule has 1 fully saturated rings. The molecule has 1 aliphatic heterocycles. The molecule has 8 heteroatoms. The van der Waals surface area contributed by atoms with Crippen LogP contribution in [0, 0.1) is 5.92 Å². The quantitative estimate of drug-likeness (QED) is 0.863. The van der Waals surface area contributed by atoms with Gasteiger partial charge in [-0.15, -0.1) is 0 Å². The van der Waals surface area contributed by atoms with Crippen LogP contribution in [0.25, 0.3) is 0 Å². The van der Waals surface area contributed by atoms with Crippen LogP contribution in [-0.4, -0.2) is 50.2 Å². The van der Waals surface area contributed by atoms with Crippen molar-refractivity contribution in [1.29, 1.82) is 0 Å². The van der Waals surface area contributed by atoms with Crippen molar-refractivity contribution in [1.82, 2.24) is 14.6 Å². The van der Waals surface area contributed by atoms with Crippen LogP contribution in [0.3, 0.4) is 0 Å². The standard InChI is InChI=1S/C13H20N4O3S/c1-21(19,20)15-8-11-4-3-7-17(10-11)13(18)16-12-5-2-6-14-9-12/h2,5-6,9,11,15H,3-4,7-8,10H2,1H3,(H,16,18)/t11-/m0/s1. The predicted octanol–water partition coefficient (Wildman–Crippen LogP) is 0.875. The molecule has 1 aromatic rings. The molecule has 1 aliphatic rings. The van der Waals surface area contributed by atoms with Gasteiger partial charge in [-0.05, 0) is 30.9 Å². The van der Waals surface area contributed by atoms with E-state index in [9.17, 15) is 13.2 Å². The van der Waals surface area contributed by atoms with Crippen molar-refractivity contribution in [2.75, 3.05) is 31.2 Å². The summed E-state index contributed by atoms with van der Waals surface area (Å²) in [6.45, 7) is 1.60. The van der Waals surface area contributed by atoms with E-state index in [0.29, 0.717) is 25.3 Å². The number of urea groups is 1. The molecule has 0 radical (unpaired) electrons. The Labute approximate surface area is 124 Å². The number of amides is 2. The second-order valence-corrected chi connectivity index (χ2v) is 7.08. The number of nitrogens with one attached hydrogen (secondary N) is 2. The molecule has 0 spiro atoms. The Morgan fingerprint density at radius 1 is 1.52 bits per heavy atom. The molecule has 116 valence electrons. The Balaban J connectivity index is 1.87. The van der Waals surface area contributed by atoms with E-state index in [4.69, 9.17) is 0 Å². The molecule has 2 heterocycles. The maximum Gasteiger partial charge on any atom is 0.321 e. The number of carbonyl (C=O) groups excluding carboxylic acids is 1. The van der Waals surface area contributed by atoms with Gasteiger partial charge in [0, 0.05) is 25.8 Å². The first-order chi connectivity index (χ1) is 9.94. The molecular weight excluding hydrogens is 292 g/mol. The number of hydrogen-bond donors (Lipinski definition) is 2. The number of hydrogen-bond acceptors (Lipinski definition) is 4. The minimum Gasteiger partial charge on any atom is -0.324 e. The lowest BCUT2D eigenvalue weighted by Crippen LogP contribution is -2.45. The summed E-state index contributed by atoms with van der Waals surface area (Å²) in [4.78, 5) is 17.8. The van der Waals surface area contributed by atoms with Crippen LogP contribution in [0.15, 0.2) is 24.5 Å². The largest absolute Gasteiger partial charge is 0.324 e. The average molecular weight is 312 g/mol. The van der Waals surface area contributed by atoms with E-state index in [-0.39, 0.29) is 11.9 Å². The molecule has 0 aromatic carbocycles. The highest BCUT2D eigenvalue weighted by molar-refractivity contribution is 7.88. The van der Waals surface area contributed by atoms with Gasteiger partial charge in [0.05, 0.1) is 18.1 Å². The van der Waals surface area contributed by atoms with Crippen molar-refractivity contribution >= 4 is 21.7 Å². The molecule has 7 nitrogen and oxygen atoms in total. The zero-order valence-electron chi connectivity index (χ0n) is 11.9. The number of aromatic nitrogens is 1.